The highest BCUT2D eigenvalue weighted by atomic mass is 16.7. The third-order valence-corrected chi connectivity index (χ3v) is 3.57. The molecule has 0 aromatic carbocycles. The van der Waals surface area contributed by atoms with Crippen molar-refractivity contribution in [2.45, 2.75) is 64.3 Å². The molecule has 10 heteroatoms. The first kappa shape index (κ1) is 22.6. The van der Waals surface area contributed by atoms with Gasteiger partial charge in [-0.3, -0.25) is 19.2 Å². The molecule has 10 nitrogen and oxygen atoms in total. The summed E-state index contributed by atoms with van der Waals surface area (Å²) in [5.74, 6) is -5.11. The number of ether oxygens (including phenoxy) is 5. The van der Waals surface area contributed by atoms with E-state index in [0.717, 1.165) is 27.7 Å². The second kappa shape index (κ2) is 9.47. The van der Waals surface area contributed by atoms with E-state index in [2.05, 4.69) is 6.58 Å². The van der Waals surface area contributed by atoms with Crippen LogP contribution in [0.4, 0.5) is 0 Å². The first-order valence-electron chi connectivity index (χ1n) is 8.16. The molecule has 5 atom stereocenters. The van der Waals surface area contributed by atoms with E-state index in [9.17, 15) is 24.3 Å². The van der Waals surface area contributed by atoms with E-state index in [1.807, 2.05) is 0 Å². The predicted octanol–water partition coefficient (Wildman–Crippen LogP) is 0.00810. The summed E-state index contributed by atoms with van der Waals surface area (Å²) in [6.45, 7) is 7.55. The molecular formula is C17H24O10. The van der Waals surface area contributed by atoms with Crippen molar-refractivity contribution in [3.8, 4) is 0 Å². The van der Waals surface area contributed by atoms with Crippen molar-refractivity contribution in [2.24, 2.45) is 0 Å². The quantitative estimate of drug-likeness (QED) is 0.361. The number of carbonyl (C=O) groups excluding carboxylic acids is 4. The number of esters is 4. The molecule has 1 N–H and O–H groups in total. The van der Waals surface area contributed by atoms with E-state index in [1.54, 1.807) is 0 Å². The maximum Gasteiger partial charge on any atom is 0.303 e. The van der Waals surface area contributed by atoms with Gasteiger partial charge in [0, 0.05) is 34.1 Å². The second-order valence-corrected chi connectivity index (χ2v) is 5.97. The molecule has 1 unspecified atom stereocenters. The average molecular weight is 388 g/mol. The van der Waals surface area contributed by atoms with E-state index in [4.69, 9.17) is 23.7 Å². The topological polar surface area (TPSA) is 135 Å². The lowest BCUT2D eigenvalue weighted by atomic mass is 9.90. The molecule has 0 bridgehead atoms. The molecule has 0 saturated carbocycles. The van der Waals surface area contributed by atoms with Gasteiger partial charge in [0.1, 0.15) is 12.7 Å². The molecule has 1 aliphatic heterocycles. The summed E-state index contributed by atoms with van der Waals surface area (Å²) in [6, 6.07) is 0. The van der Waals surface area contributed by atoms with Crippen LogP contribution in [-0.4, -0.2) is 65.8 Å². The highest BCUT2D eigenvalue weighted by Gasteiger charge is 2.58. The monoisotopic (exact) mass is 388 g/mol. The Hall–Kier alpha value is -2.46. The average Bonchev–Trinajstić information content (AvgIpc) is 2.51. The highest BCUT2D eigenvalue weighted by Crippen LogP contribution is 2.36. The van der Waals surface area contributed by atoms with Crippen molar-refractivity contribution in [1.82, 2.24) is 0 Å². The minimum atomic E-state index is -2.16. The Morgan fingerprint density at radius 3 is 1.93 bits per heavy atom. The zero-order valence-corrected chi connectivity index (χ0v) is 15.6. The third kappa shape index (κ3) is 6.33. The molecule has 1 heterocycles. The zero-order chi connectivity index (χ0) is 20.8. The van der Waals surface area contributed by atoms with Gasteiger partial charge in [-0.25, -0.2) is 0 Å². The fraction of sp³-hybridized carbons (Fsp3) is 0.647. The molecule has 27 heavy (non-hydrogen) atoms. The van der Waals surface area contributed by atoms with Crippen molar-refractivity contribution in [1.29, 1.82) is 0 Å². The molecular weight excluding hydrogens is 364 g/mol. The first-order valence-corrected chi connectivity index (χ1v) is 8.16. The summed E-state index contributed by atoms with van der Waals surface area (Å²) in [5.41, 5.74) is 0. The van der Waals surface area contributed by atoms with E-state index >= 15 is 0 Å². The molecule has 0 amide bonds. The van der Waals surface area contributed by atoms with Crippen molar-refractivity contribution in [2.75, 3.05) is 6.61 Å². The molecule has 1 saturated heterocycles. The van der Waals surface area contributed by atoms with Gasteiger partial charge < -0.3 is 28.8 Å². The van der Waals surface area contributed by atoms with Crippen LogP contribution in [0.1, 0.15) is 34.1 Å². The summed E-state index contributed by atoms with van der Waals surface area (Å²) in [4.78, 5) is 45.8. The number of rotatable bonds is 7. The standard InChI is InChI=1S/C17H24O10/c1-6-7-17(22)16(26-12(5)21)15(25-11(4)20)14(24-10(3)19)13(27-17)8-23-9(2)18/h6,13-16,22H,1,7-8H2,2-5H3/t13-,14-,15+,16-,17?/m1/s1. The Morgan fingerprint density at radius 2 is 1.48 bits per heavy atom. The van der Waals surface area contributed by atoms with Gasteiger partial charge in [0.05, 0.1) is 0 Å². The number of hydrogen-bond acceptors (Lipinski definition) is 10. The maximum absolute atomic E-state index is 11.6. The van der Waals surface area contributed by atoms with Crippen molar-refractivity contribution >= 4 is 23.9 Å². The van der Waals surface area contributed by atoms with E-state index < -0.39 is 60.7 Å². The zero-order valence-electron chi connectivity index (χ0n) is 15.6. The lowest BCUT2D eigenvalue weighted by Gasteiger charge is -2.48. The molecule has 1 aliphatic rings. The minimum absolute atomic E-state index is 0.216. The van der Waals surface area contributed by atoms with Gasteiger partial charge in [-0.05, 0) is 0 Å². The van der Waals surface area contributed by atoms with Crippen LogP contribution in [0.15, 0.2) is 12.7 Å². The molecule has 0 spiro atoms. The number of carbonyl (C=O) groups is 4. The van der Waals surface area contributed by atoms with Crippen LogP contribution in [0.3, 0.4) is 0 Å². The van der Waals surface area contributed by atoms with Crippen LogP contribution in [-0.2, 0) is 42.9 Å². The van der Waals surface area contributed by atoms with Gasteiger partial charge >= 0.3 is 23.9 Å². The Morgan fingerprint density at radius 1 is 0.963 bits per heavy atom. The van der Waals surface area contributed by atoms with Gasteiger partial charge in [0.2, 0.25) is 5.79 Å². The summed E-state index contributed by atoms with van der Waals surface area (Å²) >= 11 is 0. The predicted molar refractivity (Wildman–Crippen MR) is 87.9 cm³/mol. The molecule has 1 rings (SSSR count). The fourth-order valence-electron chi connectivity index (χ4n) is 2.73. The lowest BCUT2D eigenvalue weighted by molar-refractivity contribution is -0.350. The summed E-state index contributed by atoms with van der Waals surface area (Å²) in [5, 5.41) is 10.9. The summed E-state index contributed by atoms with van der Waals surface area (Å²) in [6.07, 6.45) is -4.34. The molecule has 152 valence electrons. The number of hydrogen-bond donors (Lipinski definition) is 1. The van der Waals surface area contributed by atoms with Crippen molar-refractivity contribution in [3.05, 3.63) is 12.7 Å². The fourth-order valence-corrected chi connectivity index (χ4v) is 2.73. The Labute approximate surface area is 156 Å². The maximum atomic E-state index is 11.6. The van der Waals surface area contributed by atoms with Crippen molar-refractivity contribution in [3.63, 3.8) is 0 Å². The highest BCUT2D eigenvalue weighted by molar-refractivity contribution is 5.68. The molecule has 0 aliphatic carbocycles. The molecule has 0 radical (unpaired) electrons. The largest absolute Gasteiger partial charge is 0.463 e. The van der Waals surface area contributed by atoms with Crippen LogP contribution in [0.2, 0.25) is 0 Å². The second-order valence-electron chi connectivity index (χ2n) is 5.97. The van der Waals surface area contributed by atoms with E-state index in [0.29, 0.717) is 0 Å². The molecule has 0 aromatic heterocycles. The Balaban J connectivity index is 3.38. The summed E-state index contributed by atoms with van der Waals surface area (Å²) in [7, 11) is 0. The minimum Gasteiger partial charge on any atom is -0.463 e. The molecule has 1 fully saturated rings. The Kier molecular flexibility index (Phi) is 7.92. The first-order chi connectivity index (χ1) is 12.5. The van der Waals surface area contributed by atoms with Crippen LogP contribution in [0.5, 0.6) is 0 Å². The Bertz CT molecular complexity index is 601. The van der Waals surface area contributed by atoms with Crippen LogP contribution in [0, 0.1) is 0 Å². The van der Waals surface area contributed by atoms with Crippen molar-refractivity contribution < 1.29 is 48.0 Å². The van der Waals surface area contributed by atoms with Crippen LogP contribution >= 0.6 is 0 Å². The van der Waals surface area contributed by atoms with Gasteiger partial charge in [0.15, 0.2) is 18.3 Å². The van der Waals surface area contributed by atoms with Gasteiger partial charge in [0.25, 0.3) is 0 Å². The SMILES string of the molecule is C=CCC1(O)O[C@H](COC(C)=O)[C@@H](OC(C)=O)[C@H](OC(C)=O)[C@H]1OC(C)=O. The van der Waals surface area contributed by atoms with Crippen LogP contribution in [0.25, 0.3) is 0 Å². The smallest absolute Gasteiger partial charge is 0.303 e. The normalized spacial score (nSPS) is 30.0. The van der Waals surface area contributed by atoms with Gasteiger partial charge in [-0.1, -0.05) is 6.08 Å². The lowest BCUT2D eigenvalue weighted by Crippen LogP contribution is -2.68. The van der Waals surface area contributed by atoms with E-state index in [1.165, 1.54) is 6.08 Å². The third-order valence-electron chi connectivity index (χ3n) is 3.57. The van der Waals surface area contributed by atoms with Gasteiger partial charge in [-0.15, -0.1) is 6.58 Å². The molecule has 0 aromatic rings. The van der Waals surface area contributed by atoms with Crippen LogP contribution < -0.4 is 0 Å². The van der Waals surface area contributed by atoms with Gasteiger partial charge in [-0.2, -0.15) is 0 Å². The summed E-state index contributed by atoms with van der Waals surface area (Å²) < 4.78 is 25.9. The number of aliphatic hydroxyl groups is 1. The van der Waals surface area contributed by atoms with E-state index in [-0.39, 0.29) is 6.42 Å².